The molecule has 2 saturated carbocycles. The first kappa shape index (κ1) is 32.8. The quantitative estimate of drug-likeness (QED) is 0.176. The van der Waals surface area contributed by atoms with E-state index in [4.69, 9.17) is 18.9 Å². The van der Waals surface area contributed by atoms with E-state index in [1.807, 2.05) is 50.3 Å². The Morgan fingerprint density at radius 2 is 0.979 bits per heavy atom. The minimum Gasteiger partial charge on any atom is -0.452 e. The highest BCUT2D eigenvalue weighted by Gasteiger charge is 2.74. The summed E-state index contributed by atoms with van der Waals surface area (Å²) in [6, 6.07) is 0. The Bertz CT molecular complexity index is 1580. The normalized spacial score (nSPS) is 45.2. The monoisotopic (exact) mass is 656 g/mol. The predicted octanol–water partition coefficient (Wildman–Crippen LogP) is 7.09. The molecule has 10 atom stereocenters. The molecule has 0 N–H and O–H groups in total. The lowest BCUT2D eigenvalue weighted by Gasteiger charge is -2.64. The SMILES string of the molecule is C=C[C@@]1(C)CC[C@H]2C(C)(C)[C@@H]3C=C4C=C(C)OC(=O)[C@@H]1[C@@]42OC3=O.C=C[C@]1(C)CC[C@H]2C(C)(C)[C@@H]3C=C4C=C(C)OC(=O)[C@@H]1[C@@]42OC3=O. The number of hydrogen-bond acceptors (Lipinski definition) is 8. The smallest absolute Gasteiger partial charge is 0.319 e. The van der Waals surface area contributed by atoms with Crippen molar-refractivity contribution in [2.24, 2.45) is 57.2 Å². The number of hydrogen-bond donors (Lipinski definition) is 0. The fraction of sp³-hybridized carbons (Fsp3) is 0.600. The number of cyclic esters (lactones) is 2. The maximum absolute atomic E-state index is 13.0. The van der Waals surface area contributed by atoms with E-state index in [9.17, 15) is 19.2 Å². The Labute approximate surface area is 283 Å². The van der Waals surface area contributed by atoms with Crippen LogP contribution in [0.25, 0.3) is 0 Å². The minimum absolute atomic E-state index is 0.0976. The zero-order chi connectivity index (χ0) is 35.0. The molecule has 0 radical (unpaired) electrons. The van der Waals surface area contributed by atoms with Gasteiger partial charge in [-0.3, -0.25) is 19.2 Å². The molecular weight excluding hydrogens is 608 g/mol. The zero-order valence-corrected chi connectivity index (χ0v) is 29.4. The van der Waals surface area contributed by atoms with E-state index in [-0.39, 0.29) is 58.4 Å². The van der Waals surface area contributed by atoms with E-state index >= 15 is 0 Å². The molecule has 6 aliphatic heterocycles. The predicted molar refractivity (Wildman–Crippen MR) is 177 cm³/mol. The van der Waals surface area contributed by atoms with Gasteiger partial charge in [0.05, 0.1) is 11.8 Å². The van der Waals surface area contributed by atoms with Crippen molar-refractivity contribution < 1.29 is 38.1 Å². The third-order valence-corrected chi connectivity index (χ3v) is 13.8. The Balaban J connectivity index is 0.000000152. The first-order chi connectivity index (χ1) is 22.3. The highest BCUT2D eigenvalue weighted by atomic mass is 16.6. The third-order valence-electron chi connectivity index (χ3n) is 13.8. The van der Waals surface area contributed by atoms with E-state index in [1.54, 1.807) is 13.8 Å². The number of esters is 4. The molecule has 2 spiro atoms. The van der Waals surface area contributed by atoms with Gasteiger partial charge in [-0.25, -0.2) is 0 Å². The molecule has 8 nitrogen and oxygen atoms in total. The average Bonchev–Trinajstić information content (AvgIpc) is 3.17. The Morgan fingerprint density at radius 3 is 1.31 bits per heavy atom. The van der Waals surface area contributed by atoms with E-state index in [1.165, 1.54) is 0 Å². The Hall–Kier alpha value is -3.68. The molecule has 6 heterocycles. The van der Waals surface area contributed by atoms with Gasteiger partial charge in [0.15, 0.2) is 11.2 Å². The van der Waals surface area contributed by atoms with Crippen LogP contribution >= 0.6 is 0 Å². The van der Waals surface area contributed by atoms with Gasteiger partial charge in [-0.15, -0.1) is 13.2 Å². The van der Waals surface area contributed by atoms with Crippen molar-refractivity contribution in [2.75, 3.05) is 0 Å². The standard InChI is InChI=1S/2C20H24O4/c2*1-6-19(5)8-7-14-18(3,4)13-10-12-9-11(2)23-17(22)15(19)20(12,14)24-16(13)21/h2*6,9-10,13-15H,1,7-8H2,2-5H3/t13-,14+,15+,19+,20-;13-,14+,15+,19-,20-/m11/s1. The molecule has 8 heteroatoms. The third kappa shape index (κ3) is 3.89. The van der Waals surface area contributed by atoms with Gasteiger partial charge in [0, 0.05) is 22.7 Å². The summed E-state index contributed by atoms with van der Waals surface area (Å²) in [5.41, 5.74) is -1.44. The maximum Gasteiger partial charge on any atom is 0.319 e. The summed E-state index contributed by atoms with van der Waals surface area (Å²) in [5, 5.41) is 0. The van der Waals surface area contributed by atoms with Crippen molar-refractivity contribution in [3.63, 3.8) is 0 Å². The molecule has 0 amide bonds. The van der Waals surface area contributed by atoms with Crippen molar-refractivity contribution in [3.05, 3.63) is 72.3 Å². The summed E-state index contributed by atoms with van der Waals surface area (Å²) >= 11 is 0. The number of allylic oxidation sites excluding steroid dienone is 4. The largest absolute Gasteiger partial charge is 0.452 e. The second-order valence-electron chi connectivity index (χ2n) is 17.1. The molecular formula is C40H48O8. The van der Waals surface area contributed by atoms with Gasteiger partial charge in [-0.2, -0.15) is 0 Å². The van der Waals surface area contributed by atoms with E-state index < -0.39 is 33.9 Å². The number of ether oxygens (including phenoxy) is 4. The van der Waals surface area contributed by atoms with Crippen LogP contribution in [0.15, 0.2) is 72.3 Å². The van der Waals surface area contributed by atoms with Gasteiger partial charge in [-0.1, -0.05) is 65.8 Å². The van der Waals surface area contributed by atoms with Crippen LogP contribution in [-0.4, -0.2) is 35.1 Å². The van der Waals surface area contributed by atoms with Gasteiger partial charge < -0.3 is 18.9 Å². The van der Waals surface area contributed by atoms with Crippen molar-refractivity contribution in [1.82, 2.24) is 0 Å². The van der Waals surface area contributed by atoms with Crippen LogP contribution in [0, 0.1) is 57.2 Å². The summed E-state index contributed by atoms with van der Waals surface area (Å²) in [6.07, 6.45) is 14.9. The van der Waals surface area contributed by atoms with Gasteiger partial charge in [0.2, 0.25) is 0 Å². The van der Waals surface area contributed by atoms with Crippen LogP contribution in [0.3, 0.4) is 0 Å². The van der Waals surface area contributed by atoms with E-state index in [2.05, 4.69) is 40.9 Å². The van der Waals surface area contributed by atoms with Crippen LogP contribution in [0.5, 0.6) is 0 Å². The van der Waals surface area contributed by atoms with E-state index in [0.29, 0.717) is 11.5 Å². The van der Waals surface area contributed by atoms with Crippen molar-refractivity contribution in [3.8, 4) is 0 Å². The number of rotatable bonds is 2. The lowest BCUT2D eigenvalue weighted by Crippen LogP contribution is -2.70. The molecule has 0 aromatic rings. The lowest BCUT2D eigenvalue weighted by molar-refractivity contribution is -0.234. The van der Waals surface area contributed by atoms with Crippen LogP contribution in [0.1, 0.15) is 81.1 Å². The molecule has 48 heavy (non-hydrogen) atoms. The fourth-order valence-electron chi connectivity index (χ4n) is 11.2. The van der Waals surface area contributed by atoms with Gasteiger partial charge in [0.25, 0.3) is 0 Å². The second-order valence-corrected chi connectivity index (χ2v) is 17.1. The summed E-state index contributed by atoms with van der Waals surface area (Å²) in [7, 11) is 0. The van der Waals surface area contributed by atoms with E-state index in [0.717, 1.165) is 36.8 Å². The van der Waals surface area contributed by atoms with Crippen LogP contribution in [0.4, 0.5) is 0 Å². The Kier molecular flexibility index (Phi) is 6.81. The second kappa shape index (κ2) is 9.95. The molecule has 4 bridgehead atoms. The molecule has 0 aromatic heterocycles. The van der Waals surface area contributed by atoms with Crippen LogP contribution in [0.2, 0.25) is 0 Å². The van der Waals surface area contributed by atoms with Crippen LogP contribution < -0.4 is 0 Å². The first-order valence-electron chi connectivity index (χ1n) is 17.3. The molecule has 4 aliphatic carbocycles. The molecule has 0 unspecified atom stereocenters. The highest BCUT2D eigenvalue weighted by Crippen LogP contribution is 2.68. The summed E-state index contributed by atoms with van der Waals surface area (Å²) in [6.45, 7) is 24.0. The number of fused-ring (bicyclic) bond motifs is 2. The highest BCUT2D eigenvalue weighted by molar-refractivity contribution is 5.87. The van der Waals surface area contributed by atoms with Gasteiger partial charge in [0.1, 0.15) is 23.4 Å². The topological polar surface area (TPSA) is 105 Å². The molecule has 10 aliphatic rings. The minimum atomic E-state index is -0.939. The number of carbonyl (C=O) groups is 4. The fourth-order valence-corrected chi connectivity index (χ4v) is 11.2. The average molecular weight is 657 g/mol. The van der Waals surface area contributed by atoms with Crippen molar-refractivity contribution >= 4 is 23.9 Å². The van der Waals surface area contributed by atoms with Crippen molar-refractivity contribution in [1.29, 1.82) is 0 Å². The van der Waals surface area contributed by atoms with Crippen LogP contribution in [-0.2, 0) is 38.1 Å². The molecule has 10 rings (SSSR count). The molecule has 0 aromatic carbocycles. The molecule has 256 valence electrons. The summed E-state index contributed by atoms with van der Waals surface area (Å²) < 4.78 is 23.3. The van der Waals surface area contributed by atoms with Crippen molar-refractivity contribution in [2.45, 2.75) is 92.3 Å². The molecule has 4 fully saturated rings. The summed E-state index contributed by atoms with van der Waals surface area (Å²) in [4.78, 5) is 51.4. The number of carbonyl (C=O) groups excluding carboxylic acids is 4. The lowest BCUT2D eigenvalue weighted by atomic mass is 9.44. The summed E-state index contributed by atoms with van der Waals surface area (Å²) in [5.74, 6) is -1.44. The first-order valence-corrected chi connectivity index (χ1v) is 17.3. The molecule has 2 saturated heterocycles. The Morgan fingerprint density at radius 1 is 0.625 bits per heavy atom. The van der Waals surface area contributed by atoms with Gasteiger partial charge >= 0.3 is 23.9 Å². The zero-order valence-electron chi connectivity index (χ0n) is 29.4. The van der Waals surface area contributed by atoms with Gasteiger partial charge in [-0.05, 0) is 73.7 Å². The maximum atomic E-state index is 13.0.